The molecule has 0 atom stereocenters. The molecule has 1 aliphatic heterocycles. The van der Waals surface area contributed by atoms with Gasteiger partial charge in [0, 0.05) is 35.8 Å². The zero-order chi connectivity index (χ0) is 24.8. The summed E-state index contributed by atoms with van der Waals surface area (Å²) in [4.78, 5) is 27.0. The molecule has 0 spiro atoms. The fraction of sp³-hybridized carbons (Fsp3) is 0.172. The molecule has 1 heterocycles. The van der Waals surface area contributed by atoms with Crippen molar-refractivity contribution in [3.05, 3.63) is 95.1 Å². The Kier molecular flexibility index (Phi) is 7.30. The Labute approximate surface area is 206 Å². The van der Waals surface area contributed by atoms with Crippen molar-refractivity contribution in [2.75, 3.05) is 31.3 Å². The third-order valence-electron chi connectivity index (χ3n) is 5.46. The van der Waals surface area contributed by atoms with Crippen molar-refractivity contribution < 1.29 is 9.59 Å². The lowest BCUT2D eigenvalue weighted by Crippen LogP contribution is -2.20. The summed E-state index contributed by atoms with van der Waals surface area (Å²) in [5.74, 6) is 4.91. The normalized spacial score (nSPS) is 13.4. The fourth-order valence-corrected chi connectivity index (χ4v) is 3.92. The van der Waals surface area contributed by atoms with Gasteiger partial charge in [0.2, 0.25) is 0 Å². The van der Waals surface area contributed by atoms with Gasteiger partial charge in [-0.3, -0.25) is 9.59 Å². The molecule has 0 bridgehead atoms. The summed E-state index contributed by atoms with van der Waals surface area (Å²) in [6, 6.07) is 23.5. The van der Waals surface area contributed by atoms with Crippen LogP contribution in [0, 0.1) is 11.8 Å². The van der Waals surface area contributed by atoms with Gasteiger partial charge in [0.15, 0.2) is 0 Å². The number of fused-ring (bicyclic) bond motifs is 1. The molecule has 4 rings (SSSR count). The van der Waals surface area contributed by atoms with Gasteiger partial charge in [0.25, 0.3) is 11.8 Å². The van der Waals surface area contributed by atoms with Crippen molar-refractivity contribution in [2.45, 2.75) is 13.5 Å². The van der Waals surface area contributed by atoms with Gasteiger partial charge in [-0.2, -0.15) is 0 Å². The van der Waals surface area contributed by atoms with Crippen molar-refractivity contribution in [1.29, 1.82) is 0 Å². The summed E-state index contributed by atoms with van der Waals surface area (Å²) < 4.78 is 0. The molecule has 0 aromatic heterocycles. The van der Waals surface area contributed by atoms with Gasteiger partial charge in [0.1, 0.15) is 0 Å². The van der Waals surface area contributed by atoms with E-state index in [4.69, 9.17) is 0 Å². The molecule has 3 aromatic carbocycles. The molecule has 1 aliphatic rings. The number of carbonyl (C=O) groups excluding carboxylic acids is 2. The quantitative estimate of drug-likeness (QED) is 0.378. The lowest BCUT2D eigenvalue weighted by Gasteiger charge is -2.16. The van der Waals surface area contributed by atoms with Gasteiger partial charge in [-0.1, -0.05) is 54.5 Å². The maximum Gasteiger partial charge on any atom is 0.296 e. The van der Waals surface area contributed by atoms with Crippen LogP contribution in [-0.2, 0) is 16.1 Å². The Bertz CT molecular complexity index is 1330. The molecular formula is C29H28N4O2. The molecule has 0 fully saturated rings. The lowest BCUT2D eigenvalue weighted by molar-refractivity contribution is -0.115. The molecular weight excluding hydrogens is 436 g/mol. The lowest BCUT2D eigenvalue weighted by atomic mass is 9.99. The minimum absolute atomic E-state index is 0.190. The Balaban J connectivity index is 1.72. The van der Waals surface area contributed by atoms with E-state index in [1.54, 1.807) is 6.07 Å². The first-order valence-electron chi connectivity index (χ1n) is 11.5. The van der Waals surface area contributed by atoms with E-state index in [0.717, 1.165) is 29.1 Å². The van der Waals surface area contributed by atoms with E-state index in [0.29, 0.717) is 23.4 Å². The predicted octanol–water partition coefficient (Wildman–Crippen LogP) is 4.17. The minimum Gasteiger partial charge on any atom is -0.354 e. The Hall–Kier alpha value is -4.34. The second-order valence-electron chi connectivity index (χ2n) is 8.50. The van der Waals surface area contributed by atoms with Crippen molar-refractivity contribution in [3.8, 4) is 11.8 Å². The number of rotatable bonds is 6. The molecule has 0 aliphatic carbocycles. The first-order valence-corrected chi connectivity index (χ1v) is 11.5. The summed E-state index contributed by atoms with van der Waals surface area (Å²) in [5.41, 5.74) is 6.41. The molecule has 6 heteroatoms. The number of carbonyl (C=O) groups is 2. The highest BCUT2D eigenvalue weighted by molar-refractivity contribution is 6.37. The van der Waals surface area contributed by atoms with Crippen LogP contribution in [0.1, 0.15) is 29.2 Å². The molecule has 2 amide bonds. The Morgan fingerprint density at radius 2 is 1.74 bits per heavy atom. The third-order valence-corrected chi connectivity index (χ3v) is 5.46. The smallest absolute Gasteiger partial charge is 0.296 e. The fourth-order valence-electron chi connectivity index (χ4n) is 3.92. The first-order chi connectivity index (χ1) is 16.9. The highest BCUT2D eigenvalue weighted by Crippen LogP contribution is 2.38. The van der Waals surface area contributed by atoms with Crippen molar-refractivity contribution >= 4 is 34.5 Å². The van der Waals surface area contributed by atoms with E-state index in [9.17, 15) is 9.59 Å². The van der Waals surface area contributed by atoms with Gasteiger partial charge in [-0.15, -0.1) is 0 Å². The van der Waals surface area contributed by atoms with E-state index in [-0.39, 0.29) is 11.8 Å². The summed E-state index contributed by atoms with van der Waals surface area (Å²) >= 11 is 0. The van der Waals surface area contributed by atoms with E-state index in [1.165, 1.54) is 5.56 Å². The van der Waals surface area contributed by atoms with Crippen LogP contribution in [0.25, 0.3) is 11.3 Å². The molecule has 176 valence electrons. The average molecular weight is 465 g/mol. The largest absolute Gasteiger partial charge is 0.354 e. The van der Waals surface area contributed by atoms with Crippen LogP contribution in [0.3, 0.4) is 0 Å². The number of benzene rings is 3. The predicted molar refractivity (Wildman–Crippen MR) is 141 cm³/mol. The second-order valence-corrected chi connectivity index (χ2v) is 8.50. The van der Waals surface area contributed by atoms with Crippen LogP contribution < -0.4 is 16.0 Å². The van der Waals surface area contributed by atoms with Gasteiger partial charge in [0.05, 0.1) is 17.0 Å². The maximum atomic E-state index is 13.2. The van der Waals surface area contributed by atoms with Crippen molar-refractivity contribution in [3.63, 3.8) is 0 Å². The first kappa shape index (κ1) is 23.8. The minimum atomic E-state index is -0.329. The molecule has 35 heavy (non-hydrogen) atoms. The number of hydrogen-bond donors (Lipinski definition) is 3. The monoisotopic (exact) mass is 464 g/mol. The Morgan fingerprint density at radius 1 is 1.00 bits per heavy atom. The van der Waals surface area contributed by atoms with E-state index in [2.05, 4.69) is 44.8 Å². The molecule has 0 saturated heterocycles. The molecule has 0 unspecified atom stereocenters. The number of nitrogens with zero attached hydrogens (tertiary/aromatic N) is 1. The summed E-state index contributed by atoms with van der Waals surface area (Å²) in [7, 11) is 4.08. The van der Waals surface area contributed by atoms with Crippen LogP contribution in [-0.4, -0.2) is 37.4 Å². The standard InChI is InChI=1S/C29H28N4O2/c1-4-30-26(34)17-13-20-12-16-24-25(18-20)32-29(35)27(24)28(22-8-6-5-7-9-22)31-23-14-10-21(11-15-23)19-33(2)3/h5-12,14-16,18,31H,4,19H2,1-3H3,(H,30,34)(H,32,35). The summed E-state index contributed by atoms with van der Waals surface area (Å²) in [6.45, 7) is 3.22. The Morgan fingerprint density at radius 3 is 2.43 bits per heavy atom. The zero-order valence-corrected chi connectivity index (χ0v) is 20.1. The van der Waals surface area contributed by atoms with Crippen LogP contribution in [0.5, 0.6) is 0 Å². The number of anilines is 2. The van der Waals surface area contributed by atoms with Crippen LogP contribution in [0.2, 0.25) is 0 Å². The molecule has 6 nitrogen and oxygen atoms in total. The van der Waals surface area contributed by atoms with Gasteiger partial charge < -0.3 is 20.9 Å². The number of amides is 2. The van der Waals surface area contributed by atoms with Gasteiger partial charge in [-0.25, -0.2) is 0 Å². The molecule has 3 aromatic rings. The topological polar surface area (TPSA) is 73.5 Å². The number of hydrogen-bond acceptors (Lipinski definition) is 4. The van der Waals surface area contributed by atoms with Gasteiger partial charge >= 0.3 is 0 Å². The summed E-state index contributed by atoms with van der Waals surface area (Å²) in [6.07, 6.45) is 0. The highest BCUT2D eigenvalue weighted by Gasteiger charge is 2.28. The molecule has 0 saturated carbocycles. The maximum absolute atomic E-state index is 13.2. The van der Waals surface area contributed by atoms with E-state index in [1.807, 2.05) is 75.6 Å². The highest BCUT2D eigenvalue weighted by atomic mass is 16.2. The third kappa shape index (κ3) is 5.78. The average Bonchev–Trinajstić information content (AvgIpc) is 3.17. The van der Waals surface area contributed by atoms with E-state index < -0.39 is 0 Å². The summed E-state index contributed by atoms with van der Waals surface area (Å²) in [5, 5.41) is 9.09. The zero-order valence-electron chi connectivity index (χ0n) is 20.1. The van der Waals surface area contributed by atoms with Crippen LogP contribution >= 0.6 is 0 Å². The van der Waals surface area contributed by atoms with Crippen LogP contribution in [0.15, 0.2) is 72.8 Å². The van der Waals surface area contributed by atoms with Crippen molar-refractivity contribution in [1.82, 2.24) is 10.2 Å². The second kappa shape index (κ2) is 10.7. The van der Waals surface area contributed by atoms with Crippen LogP contribution in [0.4, 0.5) is 11.4 Å². The molecule has 3 N–H and O–H groups in total. The van der Waals surface area contributed by atoms with Crippen molar-refractivity contribution in [2.24, 2.45) is 0 Å². The van der Waals surface area contributed by atoms with E-state index >= 15 is 0 Å². The van der Waals surface area contributed by atoms with Gasteiger partial charge in [-0.05, 0) is 56.4 Å². The SMILES string of the molecule is CCNC(=O)C#Cc1ccc2c(c1)NC(=O)C2=C(Nc1ccc(CN(C)C)cc1)c1ccccc1. The number of nitrogens with one attached hydrogen (secondary N) is 3. The molecule has 0 radical (unpaired) electrons.